The number of ether oxygens (including phenoxy) is 1. The van der Waals surface area contributed by atoms with Gasteiger partial charge in [-0.05, 0) is 79.8 Å². The summed E-state index contributed by atoms with van der Waals surface area (Å²) in [5.74, 6) is 2.36. The molecule has 0 radical (unpaired) electrons. The van der Waals surface area contributed by atoms with Crippen LogP contribution in [0.15, 0.2) is 83.9 Å². The minimum atomic E-state index is 0.128. The number of quaternary nitrogens is 1. The second-order valence-corrected chi connectivity index (χ2v) is 13.5. The van der Waals surface area contributed by atoms with Crippen LogP contribution in [0.2, 0.25) is 0 Å². The number of methoxy groups -OCH3 is 1. The highest BCUT2D eigenvalue weighted by Crippen LogP contribution is 2.42. The molecule has 4 heterocycles. The molecule has 3 fully saturated rings. The van der Waals surface area contributed by atoms with Crippen molar-refractivity contribution in [2.75, 3.05) is 26.7 Å². The SMILES string of the molecule is COc1cccc(CCC(=O)N2CCC(CCN3[C@@H]4CC[C@H]3CC([NH+]3C(C)=Nc5ccccc53)C4)(c3ccccc3)CC2)c1. The molecule has 1 amide bonds. The van der Waals surface area contributed by atoms with Crippen LogP contribution in [0.4, 0.5) is 11.4 Å². The molecule has 0 aromatic heterocycles. The lowest BCUT2D eigenvalue weighted by atomic mass is 9.70. The van der Waals surface area contributed by atoms with Crippen LogP contribution in [0, 0.1) is 0 Å². The highest BCUT2D eigenvalue weighted by atomic mass is 16.5. The monoisotopic (exact) mass is 591 g/mol. The van der Waals surface area contributed by atoms with Crippen molar-refractivity contribution in [3.8, 4) is 5.75 Å². The van der Waals surface area contributed by atoms with E-state index in [0.717, 1.165) is 55.9 Å². The Balaban J connectivity index is 0.992. The minimum absolute atomic E-state index is 0.128. The van der Waals surface area contributed by atoms with Crippen LogP contribution < -0.4 is 9.64 Å². The maximum atomic E-state index is 13.3. The van der Waals surface area contributed by atoms with E-state index >= 15 is 0 Å². The number of piperidine rings is 2. The first-order valence-corrected chi connectivity index (χ1v) is 16.8. The molecule has 2 bridgehead atoms. The van der Waals surface area contributed by atoms with Crippen LogP contribution in [-0.4, -0.2) is 66.4 Å². The van der Waals surface area contributed by atoms with Gasteiger partial charge in [0, 0.05) is 57.4 Å². The molecule has 0 aliphatic carbocycles. The molecule has 6 nitrogen and oxygen atoms in total. The lowest BCUT2D eigenvalue weighted by Crippen LogP contribution is -3.13. The molecule has 44 heavy (non-hydrogen) atoms. The number of aryl methyl sites for hydroxylation is 1. The van der Waals surface area contributed by atoms with E-state index in [9.17, 15) is 4.79 Å². The number of para-hydroxylation sites is 2. The Bertz CT molecular complexity index is 1480. The number of aliphatic imine (C=N–C) groups is 1. The molecule has 0 saturated carbocycles. The van der Waals surface area contributed by atoms with E-state index in [4.69, 9.17) is 9.73 Å². The second-order valence-electron chi connectivity index (χ2n) is 13.5. The van der Waals surface area contributed by atoms with Crippen molar-refractivity contribution in [2.45, 2.75) is 88.3 Å². The molecule has 4 aliphatic rings. The highest BCUT2D eigenvalue weighted by molar-refractivity contribution is 5.84. The van der Waals surface area contributed by atoms with Gasteiger partial charge in [0.1, 0.15) is 17.5 Å². The third-order valence-corrected chi connectivity index (χ3v) is 11.2. The maximum Gasteiger partial charge on any atom is 0.222 e. The number of benzene rings is 3. The van der Waals surface area contributed by atoms with Crippen LogP contribution >= 0.6 is 0 Å². The van der Waals surface area contributed by atoms with Gasteiger partial charge in [-0.15, -0.1) is 0 Å². The summed E-state index contributed by atoms with van der Waals surface area (Å²) in [6.45, 7) is 5.05. The standard InChI is InChI=1S/C38H46N4O2/c1-28-39-35-13-6-7-14-36(35)42(28)33-26-31-16-17-32(27-33)41(31)24-21-38(30-10-4-3-5-11-30)19-22-40(23-20-38)37(43)18-15-29-9-8-12-34(25-29)44-2/h3-14,25,31-33H,15-24,26-27H2,1-2H3/p+1/t31-,32+,33?. The molecule has 3 saturated heterocycles. The zero-order valence-electron chi connectivity index (χ0n) is 26.4. The number of fused-ring (bicyclic) bond motifs is 3. The molecular weight excluding hydrogens is 544 g/mol. The van der Waals surface area contributed by atoms with Crippen molar-refractivity contribution in [2.24, 2.45) is 4.99 Å². The number of carbonyl (C=O) groups is 1. The molecule has 2 unspecified atom stereocenters. The number of rotatable bonds is 9. The van der Waals surface area contributed by atoms with Crippen LogP contribution in [0.25, 0.3) is 0 Å². The summed E-state index contributed by atoms with van der Waals surface area (Å²) >= 11 is 0. The number of hydrogen-bond acceptors (Lipinski definition) is 4. The molecule has 230 valence electrons. The van der Waals surface area contributed by atoms with E-state index in [1.807, 2.05) is 18.2 Å². The first-order chi connectivity index (χ1) is 21.5. The largest absolute Gasteiger partial charge is 0.497 e. The van der Waals surface area contributed by atoms with Gasteiger partial charge in [0.05, 0.1) is 7.11 Å². The molecule has 3 aromatic carbocycles. The topological polar surface area (TPSA) is 49.6 Å². The summed E-state index contributed by atoms with van der Waals surface area (Å²) in [4.78, 5) is 24.7. The van der Waals surface area contributed by atoms with Gasteiger partial charge in [0.25, 0.3) is 0 Å². The van der Waals surface area contributed by atoms with Crippen LogP contribution in [0.1, 0.15) is 69.4 Å². The number of likely N-dealkylation sites (tertiary alicyclic amines) is 1. The van der Waals surface area contributed by atoms with Crippen LogP contribution in [-0.2, 0) is 16.6 Å². The van der Waals surface area contributed by atoms with Gasteiger partial charge >= 0.3 is 0 Å². The maximum absolute atomic E-state index is 13.3. The zero-order chi connectivity index (χ0) is 30.1. The van der Waals surface area contributed by atoms with Crippen LogP contribution in [0.3, 0.4) is 0 Å². The third-order valence-electron chi connectivity index (χ3n) is 11.2. The first kappa shape index (κ1) is 29.2. The van der Waals surface area contributed by atoms with E-state index in [1.165, 1.54) is 54.1 Å². The van der Waals surface area contributed by atoms with Gasteiger partial charge in [-0.1, -0.05) is 54.6 Å². The average molecular weight is 592 g/mol. The summed E-state index contributed by atoms with van der Waals surface area (Å²) in [6, 6.07) is 29.9. The smallest absolute Gasteiger partial charge is 0.222 e. The van der Waals surface area contributed by atoms with Gasteiger partial charge in [-0.2, -0.15) is 4.99 Å². The number of carbonyl (C=O) groups excluding carboxylic acids is 1. The lowest BCUT2D eigenvalue weighted by Gasteiger charge is -2.45. The Morgan fingerprint density at radius 1 is 0.955 bits per heavy atom. The van der Waals surface area contributed by atoms with Crippen molar-refractivity contribution in [1.82, 2.24) is 9.80 Å². The number of nitrogens with one attached hydrogen (secondary N) is 1. The Morgan fingerprint density at radius 3 is 2.43 bits per heavy atom. The normalized spacial score (nSPS) is 25.9. The fourth-order valence-corrected chi connectivity index (χ4v) is 8.86. The van der Waals surface area contributed by atoms with E-state index in [1.54, 1.807) is 7.11 Å². The fraction of sp³-hybridized carbons (Fsp3) is 0.474. The van der Waals surface area contributed by atoms with Crippen molar-refractivity contribution < 1.29 is 14.4 Å². The molecule has 7 rings (SSSR count). The molecular formula is C38H47N4O2+. The predicted octanol–water partition coefficient (Wildman–Crippen LogP) is 5.85. The Morgan fingerprint density at radius 2 is 1.68 bits per heavy atom. The van der Waals surface area contributed by atoms with Gasteiger partial charge in [-0.25, -0.2) is 0 Å². The van der Waals surface area contributed by atoms with E-state index in [-0.39, 0.29) is 11.3 Å². The van der Waals surface area contributed by atoms with Crippen molar-refractivity contribution in [3.05, 3.63) is 90.0 Å². The molecule has 3 aromatic rings. The summed E-state index contributed by atoms with van der Waals surface area (Å²) in [6.07, 6.45) is 9.70. The summed E-state index contributed by atoms with van der Waals surface area (Å²) < 4.78 is 5.37. The Hall–Kier alpha value is -3.48. The molecule has 1 N–H and O–H groups in total. The van der Waals surface area contributed by atoms with Gasteiger partial charge in [0.2, 0.25) is 11.7 Å². The number of amidine groups is 1. The number of hydrogen-bond donors (Lipinski definition) is 1. The summed E-state index contributed by atoms with van der Waals surface area (Å²) in [5, 5.41) is 0. The van der Waals surface area contributed by atoms with Gasteiger partial charge in [0.15, 0.2) is 5.69 Å². The predicted molar refractivity (Wildman–Crippen MR) is 176 cm³/mol. The minimum Gasteiger partial charge on any atom is -0.497 e. The lowest BCUT2D eigenvalue weighted by molar-refractivity contribution is -0.764. The van der Waals surface area contributed by atoms with Gasteiger partial charge < -0.3 is 9.64 Å². The summed E-state index contributed by atoms with van der Waals surface area (Å²) in [7, 11) is 1.69. The Labute approximate surface area is 262 Å². The Kier molecular flexibility index (Phi) is 8.30. The average Bonchev–Trinajstić information content (AvgIpc) is 3.53. The quantitative estimate of drug-likeness (QED) is 0.340. The molecule has 4 atom stereocenters. The van der Waals surface area contributed by atoms with E-state index in [2.05, 4.69) is 77.4 Å². The first-order valence-electron chi connectivity index (χ1n) is 16.8. The van der Waals surface area contributed by atoms with E-state index in [0.29, 0.717) is 24.5 Å². The van der Waals surface area contributed by atoms with E-state index < -0.39 is 0 Å². The fourth-order valence-electron chi connectivity index (χ4n) is 8.86. The van der Waals surface area contributed by atoms with Crippen molar-refractivity contribution in [1.29, 1.82) is 0 Å². The number of amides is 1. The zero-order valence-corrected chi connectivity index (χ0v) is 26.4. The van der Waals surface area contributed by atoms with Crippen LogP contribution in [0.5, 0.6) is 5.75 Å². The summed E-state index contributed by atoms with van der Waals surface area (Å²) in [5.41, 5.74) is 5.27. The van der Waals surface area contributed by atoms with Gasteiger partial charge in [-0.3, -0.25) is 14.6 Å². The third kappa shape index (κ3) is 5.70. The molecule has 0 spiro atoms. The molecule has 6 heteroatoms. The van der Waals surface area contributed by atoms with Crippen molar-refractivity contribution >= 4 is 23.1 Å². The highest BCUT2D eigenvalue weighted by Gasteiger charge is 2.47. The van der Waals surface area contributed by atoms with Crippen molar-refractivity contribution in [3.63, 3.8) is 0 Å². The number of nitrogens with zero attached hydrogens (tertiary/aromatic N) is 3. The second kappa shape index (κ2) is 12.5. The molecule has 4 aliphatic heterocycles.